The van der Waals surface area contributed by atoms with Gasteiger partial charge in [-0.25, -0.2) is 4.99 Å². The van der Waals surface area contributed by atoms with Crippen molar-refractivity contribution in [3.63, 3.8) is 0 Å². The second-order valence-electron chi connectivity index (χ2n) is 6.74. The zero-order valence-corrected chi connectivity index (χ0v) is 20.7. The summed E-state index contributed by atoms with van der Waals surface area (Å²) in [5, 5.41) is 21.3. The smallest absolute Gasteiger partial charge is 0.191 e. The molecule has 1 heterocycles. The summed E-state index contributed by atoms with van der Waals surface area (Å²) in [6.07, 6.45) is 3.44. The standard InChI is InChI=1S/C20H31N5O4.HI/c1-7-21-19(23-13-20(2,26)14-10-24-25(3)12-14)22-11-16-17(28-5)8-15(27-4)9-18(16)29-6;/h8-10,12,26H,7,11,13H2,1-6H3,(H2,21,22,23);1H. The summed E-state index contributed by atoms with van der Waals surface area (Å²) < 4.78 is 17.9. The third-order valence-electron chi connectivity index (χ3n) is 4.48. The number of aromatic nitrogens is 2. The monoisotopic (exact) mass is 533 g/mol. The molecule has 2 rings (SSSR count). The topological polar surface area (TPSA) is 102 Å². The lowest BCUT2D eigenvalue weighted by atomic mass is 10.00. The lowest BCUT2D eigenvalue weighted by Crippen LogP contribution is -2.44. The predicted octanol–water partition coefficient (Wildman–Crippen LogP) is 2.03. The number of ether oxygens (including phenoxy) is 3. The van der Waals surface area contributed by atoms with Gasteiger partial charge in [-0.2, -0.15) is 5.10 Å². The van der Waals surface area contributed by atoms with Gasteiger partial charge < -0.3 is 30.0 Å². The summed E-state index contributed by atoms with van der Waals surface area (Å²) in [7, 11) is 6.59. The van der Waals surface area contributed by atoms with Gasteiger partial charge in [-0.05, 0) is 13.8 Å². The van der Waals surface area contributed by atoms with E-state index in [2.05, 4.69) is 20.7 Å². The van der Waals surface area contributed by atoms with Gasteiger partial charge in [-0.15, -0.1) is 24.0 Å². The van der Waals surface area contributed by atoms with Gasteiger partial charge in [0.05, 0.1) is 46.2 Å². The second kappa shape index (κ2) is 11.8. The molecule has 1 unspecified atom stereocenters. The van der Waals surface area contributed by atoms with Gasteiger partial charge >= 0.3 is 0 Å². The molecule has 0 aliphatic carbocycles. The zero-order chi connectivity index (χ0) is 21.4. The van der Waals surface area contributed by atoms with Crippen molar-refractivity contribution in [1.29, 1.82) is 0 Å². The maximum Gasteiger partial charge on any atom is 0.191 e. The molecule has 10 heteroatoms. The number of nitrogens with one attached hydrogen (secondary N) is 2. The molecule has 1 atom stereocenters. The molecule has 0 saturated carbocycles. The van der Waals surface area contributed by atoms with Gasteiger partial charge in [-0.3, -0.25) is 4.68 Å². The molecule has 0 spiro atoms. The van der Waals surface area contributed by atoms with Gasteiger partial charge in [0.2, 0.25) is 0 Å². The van der Waals surface area contributed by atoms with Crippen molar-refractivity contribution in [2.75, 3.05) is 34.4 Å². The van der Waals surface area contributed by atoms with E-state index < -0.39 is 5.60 Å². The molecular formula is C20H32IN5O4. The molecule has 30 heavy (non-hydrogen) atoms. The van der Waals surface area contributed by atoms with Crippen LogP contribution in [0.2, 0.25) is 0 Å². The fourth-order valence-corrected chi connectivity index (χ4v) is 2.79. The highest BCUT2D eigenvalue weighted by Crippen LogP contribution is 2.34. The Hall–Kier alpha value is -2.21. The number of benzene rings is 1. The molecular weight excluding hydrogens is 501 g/mol. The van der Waals surface area contributed by atoms with Gasteiger partial charge in [0.1, 0.15) is 22.8 Å². The lowest BCUT2D eigenvalue weighted by molar-refractivity contribution is 0.0616. The van der Waals surface area contributed by atoms with Crippen molar-refractivity contribution in [2.45, 2.75) is 26.0 Å². The molecule has 2 aromatic rings. The third-order valence-corrected chi connectivity index (χ3v) is 4.48. The Morgan fingerprint density at radius 1 is 1.17 bits per heavy atom. The first-order valence-corrected chi connectivity index (χ1v) is 9.37. The van der Waals surface area contributed by atoms with Crippen LogP contribution >= 0.6 is 24.0 Å². The van der Waals surface area contributed by atoms with Crippen LogP contribution in [0.15, 0.2) is 29.5 Å². The van der Waals surface area contributed by atoms with Crippen LogP contribution in [0.4, 0.5) is 0 Å². The van der Waals surface area contributed by atoms with E-state index in [1.165, 1.54) is 0 Å². The molecule has 0 bridgehead atoms. The number of hydrogen-bond donors (Lipinski definition) is 3. The molecule has 0 amide bonds. The SMILES string of the molecule is CCNC(=NCc1c(OC)cc(OC)cc1OC)NCC(C)(O)c1cnn(C)c1.I. The first-order valence-electron chi connectivity index (χ1n) is 9.37. The fourth-order valence-electron chi connectivity index (χ4n) is 2.79. The normalized spacial score (nSPS) is 13.1. The second-order valence-corrected chi connectivity index (χ2v) is 6.74. The lowest BCUT2D eigenvalue weighted by Gasteiger charge is -2.24. The number of aliphatic imine (C=N–C) groups is 1. The number of methoxy groups -OCH3 is 3. The summed E-state index contributed by atoms with van der Waals surface area (Å²) in [6.45, 7) is 4.97. The van der Waals surface area contributed by atoms with E-state index in [4.69, 9.17) is 14.2 Å². The number of guanidine groups is 1. The summed E-state index contributed by atoms with van der Waals surface area (Å²) >= 11 is 0. The molecule has 168 valence electrons. The van der Waals surface area contributed by atoms with E-state index in [0.29, 0.717) is 36.3 Å². The van der Waals surface area contributed by atoms with E-state index in [1.54, 1.807) is 57.5 Å². The Kier molecular flexibility index (Phi) is 10.2. The van der Waals surface area contributed by atoms with Crippen molar-refractivity contribution in [3.8, 4) is 17.2 Å². The Bertz CT molecular complexity index is 813. The summed E-state index contributed by atoms with van der Waals surface area (Å²) in [5.41, 5.74) is 0.425. The highest BCUT2D eigenvalue weighted by molar-refractivity contribution is 14.0. The van der Waals surface area contributed by atoms with Gasteiger partial charge in [0, 0.05) is 37.5 Å². The fraction of sp³-hybridized carbons (Fsp3) is 0.500. The number of hydrogen-bond acceptors (Lipinski definition) is 6. The number of rotatable bonds is 9. The van der Waals surface area contributed by atoms with Crippen LogP contribution < -0.4 is 24.8 Å². The van der Waals surface area contributed by atoms with E-state index >= 15 is 0 Å². The number of nitrogens with zero attached hydrogens (tertiary/aromatic N) is 3. The summed E-state index contributed by atoms with van der Waals surface area (Å²) in [5.74, 6) is 2.46. The number of aliphatic hydroxyl groups is 1. The van der Waals surface area contributed by atoms with E-state index in [9.17, 15) is 5.11 Å². The minimum Gasteiger partial charge on any atom is -0.496 e. The van der Waals surface area contributed by atoms with Crippen LogP contribution in [0.1, 0.15) is 25.0 Å². The van der Waals surface area contributed by atoms with Crippen LogP contribution in [-0.2, 0) is 19.2 Å². The van der Waals surface area contributed by atoms with Gasteiger partial charge in [-0.1, -0.05) is 0 Å². The largest absolute Gasteiger partial charge is 0.496 e. The Morgan fingerprint density at radius 2 is 1.80 bits per heavy atom. The minimum atomic E-state index is -1.10. The molecule has 3 N–H and O–H groups in total. The molecule has 0 radical (unpaired) electrons. The predicted molar refractivity (Wildman–Crippen MR) is 127 cm³/mol. The molecule has 0 aliphatic rings. The molecule has 1 aromatic carbocycles. The minimum absolute atomic E-state index is 0. The maximum atomic E-state index is 10.8. The van der Waals surface area contributed by atoms with E-state index in [1.807, 2.05) is 14.0 Å². The molecule has 1 aromatic heterocycles. The van der Waals surface area contributed by atoms with Crippen molar-refractivity contribution >= 4 is 29.9 Å². The first kappa shape index (κ1) is 25.8. The van der Waals surface area contributed by atoms with Crippen molar-refractivity contribution in [2.24, 2.45) is 12.0 Å². The van der Waals surface area contributed by atoms with Crippen LogP contribution in [0.25, 0.3) is 0 Å². The van der Waals surface area contributed by atoms with Crippen molar-refractivity contribution < 1.29 is 19.3 Å². The number of aryl methyl sites for hydroxylation is 1. The Balaban J connectivity index is 0.00000450. The Labute approximate surface area is 194 Å². The van der Waals surface area contributed by atoms with E-state index in [-0.39, 0.29) is 30.5 Å². The third kappa shape index (κ3) is 6.66. The maximum absolute atomic E-state index is 10.8. The summed E-state index contributed by atoms with van der Waals surface area (Å²) in [4.78, 5) is 4.62. The molecule has 0 aliphatic heterocycles. The van der Waals surface area contributed by atoms with Crippen molar-refractivity contribution in [3.05, 3.63) is 35.7 Å². The van der Waals surface area contributed by atoms with Crippen LogP contribution in [0, 0.1) is 0 Å². The molecule has 9 nitrogen and oxygen atoms in total. The van der Waals surface area contributed by atoms with E-state index in [0.717, 1.165) is 11.1 Å². The Morgan fingerprint density at radius 3 is 2.27 bits per heavy atom. The number of halogens is 1. The van der Waals surface area contributed by atoms with Gasteiger partial charge in [0.15, 0.2) is 5.96 Å². The highest BCUT2D eigenvalue weighted by atomic mass is 127. The van der Waals surface area contributed by atoms with Crippen molar-refractivity contribution in [1.82, 2.24) is 20.4 Å². The summed E-state index contributed by atoms with van der Waals surface area (Å²) in [6, 6.07) is 3.59. The average molecular weight is 533 g/mol. The zero-order valence-electron chi connectivity index (χ0n) is 18.4. The molecule has 0 saturated heterocycles. The van der Waals surface area contributed by atoms with Gasteiger partial charge in [0.25, 0.3) is 0 Å². The molecule has 0 fully saturated rings. The van der Waals surface area contributed by atoms with Crippen LogP contribution in [0.3, 0.4) is 0 Å². The quantitative estimate of drug-likeness (QED) is 0.258. The highest BCUT2D eigenvalue weighted by Gasteiger charge is 2.25. The van der Waals surface area contributed by atoms with Crippen LogP contribution in [0.5, 0.6) is 17.2 Å². The first-order chi connectivity index (χ1) is 13.8. The average Bonchev–Trinajstić information content (AvgIpc) is 3.16. The van der Waals surface area contributed by atoms with Crippen LogP contribution in [-0.4, -0.2) is 55.3 Å².